The van der Waals surface area contributed by atoms with Crippen molar-refractivity contribution in [2.75, 3.05) is 31.1 Å². The van der Waals surface area contributed by atoms with E-state index in [1.165, 1.54) is 0 Å². The van der Waals surface area contributed by atoms with Crippen LogP contribution in [0.1, 0.15) is 5.56 Å². The number of amides is 1. The van der Waals surface area contributed by atoms with Gasteiger partial charge in [-0.15, -0.1) is 0 Å². The van der Waals surface area contributed by atoms with Crippen LogP contribution in [0.5, 0.6) is 5.75 Å². The molecule has 1 aliphatic rings. The van der Waals surface area contributed by atoms with Gasteiger partial charge in [-0.25, -0.2) is 4.98 Å². The molecule has 22 heavy (non-hydrogen) atoms. The lowest BCUT2D eigenvalue weighted by Gasteiger charge is -2.35. The molecule has 6 nitrogen and oxygen atoms in total. The molecule has 1 amide bonds. The Kier molecular flexibility index (Phi) is 4.18. The molecule has 1 aromatic carbocycles. The van der Waals surface area contributed by atoms with Crippen LogP contribution in [0, 0.1) is 0 Å². The Morgan fingerprint density at radius 3 is 2.68 bits per heavy atom. The van der Waals surface area contributed by atoms with Crippen LogP contribution in [0.3, 0.4) is 0 Å². The maximum Gasteiger partial charge on any atom is 0.227 e. The van der Waals surface area contributed by atoms with E-state index in [1.54, 1.807) is 36.8 Å². The number of carbonyl (C=O) groups excluding carboxylic acids is 1. The molecular formula is C16H18N4O2. The summed E-state index contributed by atoms with van der Waals surface area (Å²) in [4.78, 5) is 24.7. The summed E-state index contributed by atoms with van der Waals surface area (Å²) in [6, 6.07) is 6.85. The quantitative estimate of drug-likeness (QED) is 0.918. The van der Waals surface area contributed by atoms with Crippen LogP contribution >= 0.6 is 0 Å². The van der Waals surface area contributed by atoms with Gasteiger partial charge in [0, 0.05) is 38.6 Å². The lowest BCUT2D eigenvalue weighted by atomic mass is 10.1. The molecule has 0 bridgehead atoms. The number of benzene rings is 1. The predicted molar refractivity (Wildman–Crippen MR) is 82.6 cm³/mol. The van der Waals surface area contributed by atoms with Gasteiger partial charge >= 0.3 is 0 Å². The van der Waals surface area contributed by atoms with Gasteiger partial charge in [0.25, 0.3) is 0 Å². The fraction of sp³-hybridized carbons (Fsp3) is 0.312. The molecule has 1 saturated heterocycles. The van der Waals surface area contributed by atoms with Gasteiger partial charge in [0.2, 0.25) is 5.91 Å². The average Bonchev–Trinajstić information content (AvgIpc) is 2.56. The third-order valence-electron chi connectivity index (χ3n) is 3.77. The van der Waals surface area contributed by atoms with Crippen molar-refractivity contribution in [3.8, 4) is 5.75 Å². The second-order valence-electron chi connectivity index (χ2n) is 5.28. The highest BCUT2D eigenvalue weighted by Gasteiger charge is 2.21. The van der Waals surface area contributed by atoms with Crippen molar-refractivity contribution in [2.45, 2.75) is 6.42 Å². The standard InChI is InChI=1S/C16H18N4O2/c21-14-3-1-2-13(10-14)11-16(22)20-8-6-19(7-9-20)15-12-17-4-5-18-15/h1-5,10,12,21H,6-9,11H2. The van der Waals surface area contributed by atoms with Gasteiger partial charge in [0.15, 0.2) is 0 Å². The smallest absolute Gasteiger partial charge is 0.227 e. The molecule has 1 fully saturated rings. The summed E-state index contributed by atoms with van der Waals surface area (Å²) >= 11 is 0. The zero-order chi connectivity index (χ0) is 15.4. The average molecular weight is 298 g/mol. The number of hydrogen-bond acceptors (Lipinski definition) is 5. The van der Waals surface area contributed by atoms with Crippen molar-refractivity contribution in [1.82, 2.24) is 14.9 Å². The summed E-state index contributed by atoms with van der Waals surface area (Å²) in [5.41, 5.74) is 0.835. The van der Waals surface area contributed by atoms with Crippen molar-refractivity contribution in [3.63, 3.8) is 0 Å². The minimum atomic E-state index is 0.0874. The molecule has 2 aromatic rings. The summed E-state index contributed by atoms with van der Waals surface area (Å²) in [7, 11) is 0. The van der Waals surface area contributed by atoms with E-state index in [4.69, 9.17) is 0 Å². The third kappa shape index (κ3) is 3.33. The molecule has 0 saturated carbocycles. The summed E-state index contributed by atoms with van der Waals surface area (Å²) in [6.07, 6.45) is 5.39. The lowest BCUT2D eigenvalue weighted by Crippen LogP contribution is -2.49. The number of phenolic OH excluding ortho intramolecular Hbond substituents is 1. The second-order valence-corrected chi connectivity index (χ2v) is 5.28. The van der Waals surface area contributed by atoms with E-state index in [0.717, 1.165) is 24.5 Å². The Balaban J connectivity index is 1.56. The van der Waals surface area contributed by atoms with Crippen molar-refractivity contribution < 1.29 is 9.90 Å². The van der Waals surface area contributed by atoms with Crippen molar-refractivity contribution in [2.24, 2.45) is 0 Å². The molecule has 6 heteroatoms. The first-order valence-electron chi connectivity index (χ1n) is 7.29. The maximum atomic E-state index is 12.3. The fourth-order valence-electron chi connectivity index (χ4n) is 2.59. The number of anilines is 1. The van der Waals surface area contributed by atoms with E-state index in [1.807, 2.05) is 11.0 Å². The SMILES string of the molecule is O=C(Cc1cccc(O)c1)N1CCN(c2cnccn2)CC1. The van der Waals surface area contributed by atoms with Crippen LogP contribution in [0.2, 0.25) is 0 Å². The molecule has 0 spiro atoms. The van der Waals surface area contributed by atoms with Crippen molar-refractivity contribution in [3.05, 3.63) is 48.4 Å². The number of nitrogens with zero attached hydrogens (tertiary/aromatic N) is 4. The van der Waals surface area contributed by atoms with Gasteiger partial charge in [-0.05, 0) is 17.7 Å². The zero-order valence-corrected chi connectivity index (χ0v) is 12.2. The molecule has 0 radical (unpaired) electrons. The van der Waals surface area contributed by atoms with Crippen LogP contribution in [0.15, 0.2) is 42.9 Å². The highest BCUT2D eigenvalue weighted by Crippen LogP contribution is 2.15. The normalized spacial score (nSPS) is 14.9. The minimum absolute atomic E-state index is 0.0874. The highest BCUT2D eigenvalue weighted by atomic mass is 16.3. The van der Waals surface area contributed by atoms with E-state index in [9.17, 15) is 9.90 Å². The Morgan fingerprint density at radius 1 is 1.18 bits per heavy atom. The Bertz CT molecular complexity index is 640. The first kappa shape index (κ1) is 14.3. The largest absolute Gasteiger partial charge is 0.508 e. The van der Waals surface area contributed by atoms with E-state index in [2.05, 4.69) is 14.9 Å². The molecule has 2 heterocycles. The van der Waals surface area contributed by atoms with Gasteiger partial charge in [-0.3, -0.25) is 9.78 Å². The van der Waals surface area contributed by atoms with Crippen LogP contribution in [0.4, 0.5) is 5.82 Å². The summed E-state index contributed by atoms with van der Waals surface area (Å²) in [5, 5.41) is 9.45. The first-order valence-corrected chi connectivity index (χ1v) is 7.29. The molecule has 0 atom stereocenters. The molecule has 1 N–H and O–H groups in total. The molecule has 114 valence electrons. The second kappa shape index (κ2) is 6.43. The molecular weight excluding hydrogens is 280 g/mol. The summed E-state index contributed by atoms with van der Waals surface area (Å²) in [5.74, 6) is 1.13. The molecule has 0 aliphatic carbocycles. The van der Waals surface area contributed by atoms with E-state index >= 15 is 0 Å². The molecule has 0 unspecified atom stereocenters. The van der Waals surface area contributed by atoms with Crippen LogP contribution < -0.4 is 4.90 Å². The number of aromatic hydroxyl groups is 1. The predicted octanol–water partition coefficient (Wildman–Crippen LogP) is 1.07. The Hall–Kier alpha value is -2.63. The van der Waals surface area contributed by atoms with Gasteiger partial charge < -0.3 is 14.9 Å². The number of aromatic nitrogens is 2. The Morgan fingerprint density at radius 2 is 2.00 bits per heavy atom. The highest BCUT2D eigenvalue weighted by molar-refractivity contribution is 5.79. The number of hydrogen-bond donors (Lipinski definition) is 1. The van der Waals surface area contributed by atoms with E-state index in [-0.39, 0.29) is 11.7 Å². The summed E-state index contributed by atoms with van der Waals surface area (Å²) < 4.78 is 0. The van der Waals surface area contributed by atoms with Crippen LogP contribution in [-0.2, 0) is 11.2 Å². The maximum absolute atomic E-state index is 12.3. The van der Waals surface area contributed by atoms with Crippen LogP contribution in [-0.4, -0.2) is 52.1 Å². The number of carbonyl (C=O) groups is 1. The molecule has 1 aromatic heterocycles. The monoisotopic (exact) mass is 298 g/mol. The number of piperazine rings is 1. The van der Waals surface area contributed by atoms with Gasteiger partial charge in [0.1, 0.15) is 11.6 Å². The van der Waals surface area contributed by atoms with Gasteiger partial charge in [-0.2, -0.15) is 0 Å². The fourth-order valence-corrected chi connectivity index (χ4v) is 2.59. The summed E-state index contributed by atoms with van der Waals surface area (Å²) in [6.45, 7) is 2.86. The number of rotatable bonds is 3. The number of phenols is 1. The minimum Gasteiger partial charge on any atom is -0.508 e. The van der Waals surface area contributed by atoms with Gasteiger partial charge in [-0.1, -0.05) is 12.1 Å². The molecule has 3 rings (SSSR count). The third-order valence-corrected chi connectivity index (χ3v) is 3.77. The molecule has 1 aliphatic heterocycles. The van der Waals surface area contributed by atoms with Crippen molar-refractivity contribution in [1.29, 1.82) is 0 Å². The Labute approximate surface area is 129 Å². The first-order chi connectivity index (χ1) is 10.7. The topological polar surface area (TPSA) is 69.6 Å². The van der Waals surface area contributed by atoms with E-state index in [0.29, 0.717) is 19.5 Å². The van der Waals surface area contributed by atoms with Gasteiger partial charge in [0.05, 0.1) is 12.6 Å². The van der Waals surface area contributed by atoms with Crippen LogP contribution in [0.25, 0.3) is 0 Å². The van der Waals surface area contributed by atoms with E-state index < -0.39 is 0 Å². The zero-order valence-electron chi connectivity index (χ0n) is 12.2. The van der Waals surface area contributed by atoms with Crippen molar-refractivity contribution >= 4 is 11.7 Å². The lowest BCUT2D eigenvalue weighted by molar-refractivity contribution is -0.130.